The van der Waals surface area contributed by atoms with E-state index in [1.165, 1.54) is 50.8 Å². The molecule has 1 aliphatic carbocycles. The number of benzene rings is 1. The van der Waals surface area contributed by atoms with Crippen molar-refractivity contribution in [2.75, 3.05) is 40.4 Å². The van der Waals surface area contributed by atoms with Crippen molar-refractivity contribution in [2.45, 2.75) is 57.0 Å². The van der Waals surface area contributed by atoms with Crippen LogP contribution in [0.25, 0.3) is 0 Å². The number of carbonyl (C=O) groups excluding carboxylic acids is 1. The molecule has 2 amide bonds. The van der Waals surface area contributed by atoms with Gasteiger partial charge in [0.25, 0.3) is 0 Å². The third-order valence-corrected chi connectivity index (χ3v) is 8.06. The monoisotopic (exact) mass is 439 g/mol. The number of carbonyl (C=O) groups is 1. The van der Waals surface area contributed by atoms with Crippen molar-refractivity contribution in [3.8, 4) is 11.5 Å². The molecule has 3 fully saturated rings. The van der Waals surface area contributed by atoms with E-state index in [2.05, 4.69) is 21.2 Å². The van der Waals surface area contributed by atoms with Gasteiger partial charge in [-0.05, 0) is 74.6 Å². The van der Waals surface area contributed by atoms with Crippen LogP contribution in [-0.4, -0.2) is 68.3 Å². The lowest BCUT2D eigenvalue weighted by atomic mass is 9.68. The van der Waals surface area contributed by atoms with Gasteiger partial charge in [0.15, 0.2) is 11.5 Å². The number of hydrogen-bond acceptors (Lipinski definition) is 4. The van der Waals surface area contributed by atoms with Crippen LogP contribution in [0.15, 0.2) is 29.8 Å². The summed E-state index contributed by atoms with van der Waals surface area (Å²) in [5, 5.41) is 3.20. The number of hydrogen-bond donors (Lipinski definition) is 1. The summed E-state index contributed by atoms with van der Waals surface area (Å²) in [5.74, 6) is 2.75. The van der Waals surface area contributed by atoms with Crippen LogP contribution in [0.4, 0.5) is 4.79 Å². The van der Waals surface area contributed by atoms with E-state index in [4.69, 9.17) is 9.47 Å². The zero-order valence-electron chi connectivity index (χ0n) is 19.5. The highest BCUT2D eigenvalue weighted by Crippen LogP contribution is 2.45. The Morgan fingerprint density at radius 1 is 1.12 bits per heavy atom. The van der Waals surface area contributed by atoms with Crippen molar-refractivity contribution < 1.29 is 14.3 Å². The van der Waals surface area contributed by atoms with Crippen molar-refractivity contribution in [1.82, 2.24) is 15.1 Å². The predicted octanol–water partition coefficient (Wildman–Crippen LogP) is 3.85. The van der Waals surface area contributed by atoms with Crippen LogP contribution in [0.2, 0.25) is 0 Å². The van der Waals surface area contributed by atoms with E-state index in [0.29, 0.717) is 24.4 Å². The number of piperidine rings is 3. The normalized spacial score (nSPS) is 29.4. The van der Waals surface area contributed by atoms with E-state index in [-0.39, 0.29) is 6.03 Å². The quantitative estimate of drug-likeness (QED) is 0.708. The molecule has 3 saturated heterocycles. The van der Waals surface area contributed by atoms with Crippen molar-refractivity contribution in [3.63, 3.8) is 0 Å². The van der Waals surface area contributed by atoms with Gasteiger partial charge in [-0.1, -0.05) is 24.1 Å². The summed E-state index contributed by atoms with van der Waals surface area (Å²) < 4.78 is 10.7. The highest BCUT2D eigenvalue weighted by Gasteiger charge is 2.46. The first-order chi connectivity index (χ1) is 15.7. The van der Waals surface area contributed by atoms with Gasteiger partial charge in [-0.2, -0.15) is 0 Å². The van der Waals surface area contributed by atoms with Gasteiger partial charge in [-0.15, -0.1) is 0 Å². The number of fused-ring (bicyclic) bond motifs is 6. The third kappa shape index (κ3) is 4.09. The molecule has 2 bridgehead atoms. The van der Waals surface area contributed by atoms with E-state index in [0.717, 1.165) is 42.5 Å². The van der Waals surface area contributed by atoms with Crippen molar-refractivity contribution in [1.29, 1.82) is 0 Å². The molecule has 1 aromatic carbocycles. The second-order valence-electron chi connectivity index (χ2n) is 9.87. The van der Waals surface area contributed by atoms with Gasteiger partial charge in [-0.25, -0.2) is 4.79 Å². The molecule has 32 heavy (non-hydrogen) atoms. The van der Waals surface area contributed by atoms with E-state index < -0.39 is 0 Å². The molecule has 3 heterocycles. The Morgan fingerprint density at radius 3 is 2.84 bits per heavy atom. The average molecular weight is 440 g/mol. The highest BCUT2D eigenvalue weighted by molar-refractivity contribution is 5.75. The zero-order chi connectivity index (χ0) is 22.1. The van der Waals surface area contributed by atoms with Gasteiger partial charge < -0.3 is 19.7 Å². The standard InChI is InChI=1S/C26H37N3O3/c1-31-23-9-8-18(14-24(23)32-2)10-11-27-26(30)29-13-5-6-19-15-20-16-21(25(19)29)17-28-12-4-3-7-22(20)28/h8-9,14-15,20-22,25H,3-7,10-13,16-17H2,1-2H3,(H,27,30)/t20-,21-,22+,25+/m1/s1. The summed E-state index contributed by atoms with van der Waals surface area (Å²) >= 11 is 0. The van der Waals surface area contributed by atoms with E-state index in [1.54, 1.807) is 14.2 Å². The number of nitrogens with one attached hydrogen (secondary N) is 1. The minimum absolute atomic E-state index is 0.0975. The molecule has 1 aromatic rings. The Morgan fingerprint density at radius 2 is 2.00 bits per heavy atom. The number of amides is 2. The van der Waals surface area contributed by atoms with Crippen LogP contribution in [0.5, 0.6) is 11.5 Å². The topological polar surface area (TPSA) is 54.0 Å². The maximum absolute atomic E-state index is 13.2. The zero-order valence-corrected chi connectivity index (χ0v) is 19.5. The Kier molecular flexibility index (Phi) is 6.31. The Hall–Kier alpha value is -2.21. The van der Waals surface area contributed by atoms with Gasteiger partial charge in [0.1, 0.15) is 0 Å². The summed E-state index contributed by atoms with van der Waals surface area (Å²) in [7, 11) is 3.29. The number of ether oxygens (including phenoxy) is 2. The van der Waals surface area contributed by atoms with Crippen LogP contribution in [-0.2, 0) is 6.42 Å². The fourth-order valence-electron chi connectivity index (χ4n) is 6.65. The number of rotatable bonds is 5. The fourth-order valence-corrected chi connectivity index (χ4v) is 6.65. The average Bonchev–Trinajstić information content (AvgIpc) is 2.83. The molecule has 0 saturated carbocycles. The molecule has 3 aliphatic heterocycles. The molecule has 4 aliphatic rings. The minimum atomic E-state index is 0.0975. The van der Waals surface area contributed by atoms with Gasteiger partial charge in [0.05, 0.1) is 20.3 Å². The van der Waals surface area contributed by atoms with Crippen molar-refractivity contribution in [2.24, 2.45) is 11.8 Å². The van der Waals surface area contributed by atoms with Crippen LogP contribution in [0.3, 0.4) is 0 Å². The Bertz CT molecular complexity index is 870. The predicted molar refractivity (Wildman–Crippen MR) is 125 cm³/mol. The van der Waals surface area contributed by atoms with Crippen molar-refractivity contribution in [3.05, 3.63) is 35.4 Å². The molecule has 174 valence electrons. The molecule has 4 atom stereocenters. The van der Waals surface area contributed by atoms with Crippen LogP contribution in [0, 0.1) is 11.8 Å². The van der Waals surface area contributed by atoms with Crippen LogP contribution >= 0.6 is 0 Å². The molecule has 1 N–H and O–H groups in total. The number of likely N-dealkylation sites (tertiary alicyclic amines) is 1. The maximum Gasteiger partial charge on any atom is 0.317 e. The number of nitrogens with zero attached hydrogens (tertiary/aromatic N) is 2. The lowest BCUT2D eigenvalue weighted by Gasteiger charge is -2.54. The summed E-state index contributed by atoms with van der Waals surface area (Å²) in [4.78, 5) is 18.1. The Balaban J connectivity index is 1.23. The van der Waals surface area contributed by atoms with Gasteiger partial charge >= 0.3 is 6.03 Å². The SMILES string of the molecule is COc1ccc(CCNC(=O)N2CCCC3=C[C@@H]4C[C@H](CN5CCCC[C@@H]45)[C@H]32)cc1OC. The van der Waals surface area contributed by atoms with Crippen LogP contribution < -0.4 is 14.8 Å². The minimum Gasteiger partial charge on any atom is -0.493 e. The lowest BCUT2D eigenvalue weighted by Crippen LogP contribution is -2.61. The molecule has 0 radical (unpaired) electrons. The largest absolute Gasteiger partial charge is 0.493 e. The number of urea groups is 1. The smallest absolute Gasteiger partial charge is 0.317 e. The molecular weight excluding hydrogens is 402 g/mol. The lowest BCUT2D eigenvalue weighted by molar-refractivity contribution is 0.00793. The first-order valence-corrected chi connectivity index (χ1v) is 12.4. The molecule has 5 rings (SSSR count). The molecule has 6 heteroatoms. The van der Waals surface area contributed by atoms with Gasteiger partial charge in [0, 0.05) is 25.7 Å². The molecular formula is C26H37N3O3. The molecule has 0 spiro atoms. The summed E-state index contributed by atoms with van der Waals surface area (Å²) in [6.45, 7) is 3.90. The molecule has 0 unspecified atom stereocenters. The Labute approximate surface area is 191 Å². The van der Waals surface area contributed by atoms with Gasteiger partial charge in [-0.3, -0.25) is 4.90 Å². The van der Waals surface area contributed by atoms with Crippen LogP contribution in [0.1, 0.15) is 44.1 Å². The summed E-state index contributed by atoms with van der Waals surface area (Å²) in [5.41, 5.74) is 2.67. The first-order valence-electron chi connectivity index (χ1n) is 12.4. The van der Waals surface area contributed by atoms with Crippen molar-refractivity contribution >= 4 is 6.03 Å². The second kappa shape index (κ2) is 9.34. The second-order valence-corrected chi connectivity index (χ2v) is 9.87. The van der Waals surface area contributed by atoms with Gasteiger partial charge in [0.2, 0.25) is 0 Å². The first kappa shape index (κ1) is 21.6. The summed E-state index contributed by atoms with van der Waals surface area (Å²) in [6, 6.07) is 7.09. The molecule has 6 nitrogen and oxygen atoms in total. The van der Waals surface area contributed by atoms with E-state index >= 15 is 0 Å². The fraction of sp³-hybridized carbons (Fsp3) is 0.654. The van der Waals surface area contributed by atoms with E-state index in [1.807, 2.05) is 18.2 Å². The maximum atomic E-state index is 13.2. The number of methoxy groups -OCH3 is 2. The molecule has 0 aromatic heterocycles. The highest BCUT2D eigenvalue weighted by atomic mass is 16.5. The van der Waals surface area contributed by atoms with E-state index in [9.17, 15) is 4.79 Å². The third-order valence-electron chi connectivity index (χ3n) is 8.06. The summed E-state index contributed by atoms with van der Waals surface area (Å²) in [6.07, 6.45) is 10.9.